The van der Waals surface area contributed by atoms with Crippen LogP contribution in [0.25, 0.3) is 72.3 Å². The topological polar surface area (TPSA) is 31.0 Å². The SMILES string of the molecule is CC(C)c1cc(-c2ccc(-c3ccccc3)cc2)cc(C(C)C)c1-n1c(-c2cccc3c2oc2ccccc23)nc2ccc3c(c21)C(F)(F)C(F)(F)C(F)(F)C3(F)F. The zero-order valence-corrected chi connectivity index (χ0v) is 31.5. The molecule has 0 saturated carbocycles. The summed E-state index contributed by atoms with van der Waals surface area (Å²) in [7, 11) is 0. The first-order chi connectivity index (χ1) is 27.5. The van der Waals surface area contributed by atoms with Crippen molar-refractivity contribution in [3.8, 4) is 39.3 Å². The summed E-state index contributed by atoms with van der Waals surface area (Å²) in [6.07, 6.45) is 0. The molecule has 9 rings (SSSR count). The fourth-order valence-corrected chi connectivity index (χ4v) is 8.26. The molecule has 3 nitrogen and oxygen atoms in total. The van der Waals surface area contributed by atoms with E-state index in [4.69, 9.17) is 9.40 Å². The second-order valence-corrected chi connectivity index (χ2v) is 15.5. The molecule has 11 heteroatoms. The smallest absolute Gasteiger partial charge is 0.383 e. The Balaban J connectivity index is 1.41. The summed E-state index contributed by atoms with van der Waals surface area (Å²) in [6, 6.07) is 34.8. The van der Waals surface area contributed by atoms with Crippen LogP contribution in [-0.2, 0) is 11.8 Å². The molecule has 0 unspecified atom stereocenters. The molecule has 0 saturated heterocycles. The lowest BCUT2D eigenvalue weighted by Gasteiger charge is -2.43. The zero-order chi connectivity index (χ0) is 41.1. The predicted molar refractivity (Wildman–Crippen MR) is 211 cm³/mol. The number of benzene rings is 6. The van der Waals surface area contributed by atoms with Crippen molar-refractivity contribution >= 4 is 33.0 Å². The highest BCUT2D eigenvalue weighted by Crippen LogP contribution is 2.66. The van der Waals surface area contributed by atoms with Gasteiger partial charge in [-0.3, -0.25) is 4.57 Å². The summed E-state index contributed by atoms with van der Waals surface area (Å²) in [5, 5.41) is 1.35. The van der Waals surface area contributed by atoms with Crippen LogP contribution >= 0.6 is 0 Å². The lowest BCUT2D eigenvalue weighted by atomic mass is 9.79. The summed E-state index contributed by atoms with van der Waals surface area (Å²) < 4.78 is 132. The van der Waals surface area contributed by atoms with Crippen molar-refractivity contribution < 1.29 is 39.5 Å². The number of aromatic nitrogens is 2. The molecule has 0 N–H and O–H groups in total. The third kappa shape index (κ3) is 5.14. The number of rotatable bonds is 6. The average Bonchev–Trinajstić information content (AvgIpc) is 3.78. The van der Waals surface area contributed by atoms with Crippen molar-refractivity contribution in [3.63, 3.8) is 0 Å². The Kier molecular flexibility index (Phi) is 8.27. The molecule has 8 aromatic rings. The van der Waals surface area contributed by atoms with E-state index in [0.29, 0.717) is 28.2 Å². The van der Waals surface area contributed by atoms with Crippen molar-refractivity contribution in [1.82, 2.24) is 9.55 Å². The standard InChI is InChI=1S/C47H34F8N2O/c1-25(2)34-23-30(29-19-17-28(18-20-29)27-11-6-5-7-12-27)24-35(26(3)4)40(34)57-41-37(22-21-36-39(41)45(50,51)47(54,55)46(52,53)44(36,48)49)56-43(57)33-15-10-14-32-31-13-8-9-16-38(31)58-42(32)33/h5-26H,1-4H3. The lowest BCUT2D eigenvalue weighted by molar-refractivity contribution is -0.386. The van der Waals surface area contributed by atoms with Crippen molar-refractivity contribution in [1.29, 1.82) is 0 Å². The number of imidazole rings is 1. The highest BCUT2D eigenvalue weighted by atomic mass is 19.4. The molecule has 1 aliphatic rings. The number of para-hydroxylation sites is 2. The molecule has 0 aliphatic heterocycles. The minimum atomic E-state index is -6.48. The Labute approximate surface area is 327 Å². The minimum Gasteiger partial charge on any atom is -0.455 e. The number of fused-ring (bicyclic) bond motifs is 6. The maximum absolute atomic E-state index is 16.4. The van der Waals surface area contributed by atoms with E-state index < -0.39 is 40.3 Å². The van der Waals surface area contributed by atoms with Gasteiger partial charge in [0.1, 0.15) is 17.0 Å². The molecule has 0 atom stereocenters. The number of nitrogens with zero attached hydrogens (tertiary/aromatic N) is 2. The molecular formula is C47H34F8N2O. The molecular weight excluding hydrogens is 761 g/mol. The zero-order valence-electron chi connectivity index (χ0n) is 31.5. The van der Waals surface area contributed by atoms with Gasteiger partial charge in [0.2, 0.25) is 0 Å². The van der Waals surface area contributed by atoms with E-state index in [-0.39, 0.29) is 40.0 Å². The first-order valence-corrected chi connectivity index (χ1v) is 18.8. The van der Waals surface area contributed by atoms with E-state index in [1.165, 1.54) is 4.57 Å². The fourth-order valence-electron chi connectivity index (χ4n) is 8.26. The van der Waals surface area contributed by atoms with Gasteiger partial charge in [0.25, 0.3) is 0 Å². The van der Waals surface area contributed by atoms with E-state index in [1.807, 2.05) is 107 Å². The van der Waals surface area contributed by atoms with E-state index in [0.717, 1.165) is 33.7 Å². The van der Waals surface area contributed by atoms with Crippen LogP contribution in [0.15, 0.2) is 126 Å². The Bertz CT molecular complexity index is 2880. The summed E-state index contributed by atoms with van der Waals surface area (Å²) in [5.41, 5.74) is 0.896. The monoisotopic (exact) mass is 794 g/mol. The molecule has 0 spiro atoms. The summed E-state index contributed by atoms with van der Waals surface area (Å²) >= 11 is 0. The normalized spacial score (nSPS) is 16.8. The number of halogens is 8. The maximum atomic E-state index is 16.4. The van der Waals surface area contributed by atoms with Gasteiger partial charge in [0.05, 0.1) is 27.8 Å². The first-order valence-electron chi connectivity index (χ1n) is 18.8. The van der Waals surface area contributed by atoms with Crippen LogP contribution in [-0.4, -0.2) is 21.4 Å². The largest absolute Gasteiger partial charge is 0.455 e. The second-order valence-electron chi connectivity index (χ2n) is 15.5. The van der Waals surface area contributed by atoms with Gasteiger partial charge in [-0.1, -0.05) is 113 Å². The van der Waals surface area contributed by atoms with Crippen LogP contribution in [0.5, 0.6) is 0 Å². The van der Waals surface area contributed by atoms with Gasteiger partial charge in [-0.2, -0.15) is 35.1 Å². The van der Waals surface area contributed by atoms with Crippen LogP contribution in [0.1, 0.15) is 61.8 Å². The third-order valence-corrected chi connectivity index (χ3v) is 11.3. The van der Waals surface area contributed by atoms with Gasteiger partial charge >= 0.3 is 23.7 Å². The Morgan fingerprint density at radius 3 is 1.74 bits per heavy atom. The van der Waals surface area contributed by atoms with Crippen molar-refractivity contribution in [2.45, 2.75) is 63.2 Å². The molecule has 0 bridgehead atoms. The van der Waals surface area contributed by atoms with E-state index in [1.54, 1.807) is 30.3 Å². The second kappa shape index (κ2) is 12.8. The van der Waals surface area contributed by atoms with Gasteiger partial charge in [0.15, 0.2) is 0 Å². The Hall–Kier alpha value is -5.97. The number of hydrogen-bond donors (Lipinski definition) is 0. The third-order valence-electron chi connectivity index (χ3n) is 11.3. The summed E-state index contributed by atoms with van der Waals surface area (Å²) in [4.78, 5) is 4.70. The Morgan fingerprint density at radius 1 is 0.552 bits per heavy atom. The van der Waals surface area contributed by atoms with Crippen LogP contribution in [0.2, 0.25) is 0 Å². The molecule has 58 heavy (non-hydrogen) atoms. The highest BCUT2D eigenvalue weighted by Gasteiger charge is 2.85. The van der Waals surface area contributed by atoms with Crippen LogP contribution < -0.4 is 0 Å². The van der Waals surface area contributed by atoms with E-state index in [9.17, 15) is 8.78 Å². The van der Waals surface area contributed by atoms with Gasteiger partial charge in [0, 0.05) is 16.3 Å². The van der Waals surface area contributed by atoms with Crippen LogP contribution in [0.3, 0.4) is 0 Å². The number of furan rings is 1. The van der Waals surface area contributed by atoms with Crippen LogP contribution in [0, 0.1) is 0 Å². The lowest BCUT2D eigenvalue weighted by Crippen LogP contribution is -2.64. The Morgan fingerprint density at radius 2 is 1.10 bits per heavy atom. The van der Waals surface area contributed by atoms with Gasteiger partial charge < -0.3 is 4.42 Å². The molecule has 1 aliphatic carbocycles. The first kappa shape index (κ1) is 37.6. The van der Waals surface area contributed by atoms with E-state index in [2.05, 4.69) is 0 Å². The molecule has 0 fully saturated rings. The highest BCUT2D eigenvalue weighted by molar-refractivity contribution is 6.09. The van der Waals surface area contributed by atoms with Crippen molar-refractivity contribution in [3.05, 3.63) is 144 Å². The van der Waals surface area contributed by atoms with Gasteiger partial charge in [-0.25, -0.2) is 4.98 Å². The molecule has 2 aromatic heterocycles. The number of hydrogen-bond acceptors (Lipinski definition) is 2. The minimum absolute atomic E-state index is 0.0865. The van der Waals surface area contributed by atoms with Gasteiger partial charge in [-0.05, 0) is 81.6 Å². The quantitative estimate of drug-likeness (QED) is 0.157. The van der Waals surface area contributed by atoms with Gasteiger partial charge in [-0.15, -0.1) is 0 Å². The molecule has 0 radical (unpaired) electrons. The van der Waals surface area contributed by atoms with Crippen molar-refractivity contribution in [2.75, 3.05) is 0 Å². The summed E-state index contributed by atoms with van der Waals surface area (Å²) in [6.45, 7) is 7.43. The molecule has 2 heterocycles. The average molecular weight is 795 g/mol. The van der Waals surface area contributed by atoms with Crippen LogP contribution in [0.4, 0.5) is 35.1 Å². The molecule has 0 amide bonds. The molecule has 6 aromatic carbocycles. The summed E-state index contributed by atoms with van der Waals surface area (Å²) in [5.74, 6) is -25.1. The predicted octanol–water partition coefficient (Wildman–Crippen LogP) is 14.6. The maximum Gasteiger partial charge on any atom is 0.383 e. The van der Waals surface area contributed by atoms with E-state index >= 15 is 26.3 Å². The van der Waals surface area contributed by atoms with Crippen molar-refractivity contribution in [2.24, 2.45) is 0 Å². The molecule has 294 valence electrons. The number of alkyl halides is 8. The fraction of sp³-hybridized carbons (Fsp3) is 0.213.